The van der Waals surface area contributed by atoms with Gasteiger partial charge in [-0.1, -0.05) is 0 Å². The van der Waals surface area contributed by atoms with Gasteiger partial charge in [0, 0.05) is 0 Å². The predicted molar refractivity (Wildman–Crippen MR) is 46.8 cm³/mol. The molecule has 6 nitrogen and oxygen atoms in total. The zero-order valence-corrected chi connectivity index (χ0v) is 7.66. The summed E-state index contributed by atoms with van der Waals surface area (Å²) in [7, 11) is 1.73. The number of aromatic nitrogens is 3. The molecule has 1 rings (SSSR count). The van der Waals surface area contributed by atoms with E-state index in [9.17, 15) is 4.79 Å². The molecule has 72 valence electrons. The second-order valence-corrected chi connectivity index (χ2v) is 2.66. The van der Waals surface area contributed by atoms with Crippen molar-refractivity contribution in [3.05, 3.63) is 12.2 Å². The van der Waals surface area contributed by atoms with Crippen LogP contribution in [0.4, 0.5) is 0 Å². The summed E-state index contributed by atoms with van der Waals surface area (Å²) < 4.78 is 0. The standard InChI is InChI=1S/C7H13N5O/c1-5(8-2)7(13)9-3-6-10-4-11-12-6/h4-5,8H,3H2,1-2H3,(H,9,13)(H,10,11,12). The summed E-state index contributed by atoms with van der Waals surface area (Å²) in [5, 5.41) is 11.9. The summed E-state index contributed by atoms with van der Waals surface area (Å²) in [5.41, 5.74) is 0. The minimum atomic E-state index is -0.192. The molecule has 0 fully saturated rings. The average molecular weight is 183 g/mol. The average Bonchev–Trinajstić information content (AvgIpc) is 2.65. The molecule has 13 heavy (non-hydrogen) atoms. The summed E-state index contributed by atoms with van der Waals surface area (Å²) in [5.74, 6) is 0.593. The van der Waals surface area contributed by atoms with E-state index in [2.05, 4.69) is 25.8 Å². The summed E-state index contributed by atoms with van der Waals surface area (Å²) in [4.78, 5) is 15.1. The number of hydrogen-bond acceptors (Lipinski definition) is 4. The SMILES string of the molecule is CNC(C)C(=O)NCc1ncn[nH]1. The van der Waals surface area contributed by atoms with E-state index in [0.717, 1.165) is 0 Å². The Bertz CT molecular complexity index is 258. The highest BCUT2D eigenvalue weighted by atomic mass is 16.2. The molecule has 1 aromatic heterocycles. The minimum Gasteiger partial charge on any atom is -0.347 e. The topological polar surface area (TPSA) is 82.7 Å². The molecule has 1 atom stereocenters. The van der Waals surface area contributed by atoms with Crippen LogP contribution in [0.25, 0.3) is 0 Å². The van der Waals surface area contributed by atoms with E-state index in [1.165, 1.54) is 6.33 Å². The van der Waals surface area contributed by atoms with Crippen LogP contribution in [0, 0.1) is 0 Å². The van der Waals surface area contributed by atoms with Gasteiger partial charge < -0.3 is 10.6 Å². The first-order chi connectivity index (χ1) is 6.24. The number of carbonyl (C=O) groups excluding carboxylic acids is 1. The fourth-order valence-corrected chi connectivity index (χ4v) is 0.771. The van der Waals surface area contributed by atoms with E-state index in [1.807, 2.05) is 0 Å². The number of amides is 1. The van der Waals surface area contributed by atoms with E-state index in [-0.39, 0.29) is 11.9 Å². The summed E-state index contributed by atoms with van der Waals surface area (Å²) in [6, 6.07) is -0.192. The highest BCUT2D eigenvalue weighted by Crippen LogP contribution is 1.85. The predicted octanol–water partition coefficient (Wildman–Crippen LogP) is -0.971. The fourth-order valence-electron chi connectivity index (χ4n) is 0.771. The molecule has 0 spiro atoms. The molecule has 0 saturated heterocycles. The van der Waals surface area contributed by atoms with Gasteiger partial charge in [0.1, 0.15) is 12.2 Å². The lowest BCUT2D eigenvalue weighted by Gasteiger charge is -2.09. The van der Waals surface area contributed by atoms with Gasteiger partial charge in [0.2, 0.25) is 5.91 Å². The van der Waals surface area contributed by atoms with Crippen molar-refractivity contribution in [3.8, 4) is 0 Å². The lowest BCUT2D eigenvalue weighted by atomic mass is 10.3. The number of likely N-dealkylation sites (N-methyl/N-ethyl adjacent to an activating group) is 1. The van der Waals surface area contributed by atoms with Gasteiger partial charge in [-0.25, -0.2) is 4.98 Å². The maximum Gasteiger partial charge on any atom is 0.237 e. The number of carbonyl (C=O) groups is 1. The van der Waals surface area contributed by atoms with E-state index in [0.29, 0.717) is 12.4 Å². The number of aromatic amines is 1. The van der Waals surface area contributed by atoms with Crippen molar-refractivity contribution >= 4 is 5.91 Å². The molecular weight excluding hydrogens is 170 g/mol. The first-order valence-corrected chi connectivity index (χ1v) is 4.03. The van der Waals surface area contributed by atoms with Crippen LogP contribution in [0.15, 0.2) is 6.33 Å². The van der Waals surface area contributed by atoms with Crippen molar-refractivity contribution in [2.24, 2.45) is 0 Å². The second-order valence-electron chi connectivity index (χ2n) is 2.66. The number of H-pyrrole nitrogens is 1. The van der Waals surface area contributed by atoms with Gasteiger partial charge in [-0.2, -0.15) is 5.10 Å². The zero-order chi connectivity index (χ0) is 9.68. The first kappa shape index (κ1) is 9.66. The van der Waals surface area contributed by atoms with Gasteiger partial charge in [0.25, 0.3) is 0 Å². The molecule has 0 radical (unpaired) electrons. The van der Waals surface area contributed by atoms with Crippen molar-refractivity contribution in [2.45, 2.75) is 19.5 Å². The van der Waals surface area contributed by atoms with Crippen LogP contribution in [-0.2, 0) is 11.3 Å². The third kappa shape index (κ3) is 2.83. The van der Waals surface area contributed by atoms with Crippen molar-refractivity contribution in [2.75, 3.05) is 7.05 Å². The molecule has 1 heterocycles. The van der Waals surface area contributed by atoms with Gasteiger partial charge in [0.05, 0.1) is 12.6 Å². The summed E-state index contributed by atoms with van der Waals surface area (Å²) >= 11 is 0. The van der Waals surface area contributed by atoms with E-state index in [4.69, 9.17) is 0 Å². The van der Waals surface area contributed by atoms with Gasteiger partial charge in [-0.05, 0) is 14.0 Å². The Morgan fingerprint density at radius 2 is 2.54 bits per heavy atom. The summed E-state index contributed by atoms with van der Waals surface area (Å²) in [6.07, 6.45) is 1.41. The highest BCUT2D eigenvalue weighted by molar-refractivity contribution is 5.81. The summed E-state index contributed by atoms with van der Waals surface area (Å²) in [6.45, 7) is 2.17. The normalized spacial score (nSPS) is 12.5. The smallest absolute Gasteiger partial charge is 0.237 e. The minimum absolute atomic E-state index is 0.0566. The zero-order valence-electron chi connectivity index (χ0n) is 7.66. The van der Waals surface area contributed by atoms with Crippen molar-refractivity contribution in [1.82, 2.24) is 25.8 Å². The van der Waals surface area contributed by atoms with Crippen LogP contribution in [-0.4, -0.2) is 34.2 Å². The van der Waals surface area contributed by atoms with Crippen LogP contribution in [0.2, 0.25) is 0 Å². The number of hydrogen-bond donors (Lipinski definition) is 3. The Morgan fingerprint density at radius 3 is 3.08 bits per heavy atom. The molecule has 0 aromatic carbocycles. The Kier molecular flexibility index (Phi) is 3.39. The Morgan fingerprint density at radius 1 is 1.77 bits per heavy atom. The van der Waals surface area contributed by atoms with E-state index < -0.39 is 0 Å². The van der Waals surface area contributed by atoms with E-state index >= 15 is 0 Å². The molecule has 0 aliphatic heterocycles. The monoisotopic (exact) mass is 183 g/mol. The molecule has 0 bridgehead atoms. The van der Waals surface area contributed by atoms with Crippen LogP contribution in [0.1, 0.15) is 12.7 Å². The molecule has 6 heteroatoms. The van der Waals surface area contributed by atoms with Crippen LogP contribution in [0.3, 0.4) is 0 Å². The Hall–Kier alpha value is -1.43. The van der Waals surface area contributed by atoms with Crippen molar-refractivity contribution in [3.63, 3.8) is 0 Å². The molecule has 0 aliphatic carbocycles. The lowest BCUT2D eigenvalue weighted by molar-refractivity contribution is -0.122. The quantitative estimate of drug-likeness (QED) is 0.561. The van der Waals surface area contributed by atoms with Gasteiger partial charge in [0.15, 0.2) is 0 Å². The van der Waals surface area contributed by atoms with E-state index in [1.54, 1.807) is 14.0 Å². The maximum absolute atomic E-state index is 11.2. The third-order valence-electron chi connectivity index (χ3n) is 1.72. The number of nitrogens with zero attached hydrogens (tertiary/aromatic N) is 2. The maximum atomic E-state index is 11.2. The third-order valence-corrected chi connectivity index (χ3v) is 1.72. The first-order valence-electron chi connectivity index (χ1n) is 4.03. The molecule has 3 N–H and O–H groups in total. The Balaban J connectivity index is 2.31. The molecular formula is C7H13N5O. The molecule has 0 saturated carbocycles. The molecule has 0 aliphatic rings. The largest absolute Gasteiger partial charge is 0.347 e. The lowest BCUT2D eigenvalue weighted by Crippen LogP contribution is -2.40. The molecule has 1 amide bonds. The van der Waals surface area contributed by atoms with Crippen LogP contribution in [0.5, 0.6) is 0 Å². The highest BCUT2D eigenvalue weighted by Gasteiger charge is 2.09. The molecule has 1 unspecified atom stereocenters. The molecule has 1 aromatic rings. The van der Waals surface area contributed by atoms with Crippen molar-refractivity contribution < 1.29 is 4.79 Å². The van der Waals surface area contributed by atoms with Gasteiger partial charge in [-0.3, -0.25) is 9.89 Å². The fraction of sp³-hybridized carbons (Fsp3) is 0.571. The van der Waals surface area contributed by atoms with Crippen LogP contribution < -0.4 is 10.6 Å². The Labute approximate surface area is 76.1 Å². The van der Waals surface area contributed by atoms with Crippen molar-refractivity contribution in [1.29, 1.82) is 0 Å². The number of rotatable bonds is 4. The van der Waals surface area contributed by atoms with Crippen LogP contribution >= 0.6 is 0 Å². The second kappa shape index (κ2) is 4.56. The van der Waals surface area contributed by atoms with Gasteiger partial charge in [-0.15, -0.1) is 0 Å². The number of nitrogens with one attached hydrogen (secondary N) is 3. The van der Waals surface area contributed by atoms with Gasteiger partial charge >= 0.3 is 0 Å².